The molecule has 0 bridgehead atoms. The lowest BCUT2D eigenvalue weighted by molar-refractivity contribution is -0.143. The fraction of sp³-hybridized carbons (Fsp3) is 0.192. The molecule has 0 saturated carbocycles. The van der Waals surface area contributed by atoms with Crippen LogP contribution in [0.15, 0.2) is 55.0 Å². The highest BCUT2D eigenvalue weighted by atomic mass is 19.4. The zero-order valence-electron chi connectivity index (χ0n) is 21.1. The molecule has 2 aromatic carbocycles. The Morgan fingerprint density at radius 2 is 1.50 bits per heavy atom. The molecule has 5 aromatic rings. The van der Waals surface area contributed by atoms with E-state index in [2.05, 4.69) is 25.5 Å². The van der Waals surface area contributed by atoms with Crippen molar-refractivity contribution >= 4 is 22.8 Å². The Morgan fingerprint density at radius 1 is 0.825 bits per heavy atom. The van der Waals surface area contributed by atoms with Crippen LogP contribution >= 0.6 is 0 Å². The lowest BCUT2D eigenvalue weighted by Gasteiger charge is -2.14. The maximum Gasteiger partial charge on any atom is 0.416 e. The number of halogens is 6. The van der Waals surface area contributed by atoms with E-state index in [4.69, 9.17) is 0 Å². The molecule has 0 aliphatic rings. The van der Waals surface area contributed by atoms with Crippen molar-refractivity contribution in [2.75, 3.05) is 5.32 Å². The summed E-state index contributed by atoms with van der Waals surface area (Å²) in [5, 5.41) is 11.5. The van der Waals surface area contributed by atoms with E-state index < -0.39 is 35.0 Å². The molecule has 0 aliphatic carbocycles. The molecule has 206 valence electrons. The molecule has 3 aromatic heterocycles. The molecule has 0 unspecified atom stereocenters. The number of nitrogens with zero attached hydrogens (tertiary/aromatic N) is 6. The number of carbonyl (C=O) groups is 1. The van der Waals surface area contributed by atoms with Gasteiger partial charge in [0.1, 0.15) is 12.1 Å². The van der Waals surface area contributed by atoms with Gasteiger partial charge in [0.15, 0.2) is 11.5 Å². The Morgan fingerprint density at radius 3 is 2.12 bits per heavy atom. The van der Waals surface area contributed by atoms with Crippen LogP contribution in [0.25, 0.3) is 22.5 Å². The molecule has 0 spiro atoms. The van der Waals surface area contributed by atoms with Gasteiger partial charge in [0, 0.05) is 11.6 Å². The number of benzene rings is 2. The SMILES string of the molecule is Cc1cc(NC(=O)c2cc(C(F)(F)F)cc(C(F)(F)F)c2)n(-c2ncnc3c2cnn3-c2ccc(C)c(C)c2)n1. The van der Waals surface area contributed by atoms with Crippen LogP contribution in [0, 0.1) is 20.8 Å². The van der Waals surface area contributed by atoms with Crippen molar-refractivity contribution in [3.8, 4) is 11.5 Å². The summed E-state index contributed by atoms with van der Waals surface area (Å²) in [5.41, 5.74) is -0.379. The quantitative estimate of drug-likeness (QED) is 0.264. The molecule has 5 rings (SSSR count). The lowest BCUT2D eigenvalue weighted by atomic mass is 10.0. The Kier molecular flexibility index (Phi) is 6.35. The first-order valence-corrected chi connectivity index (χ1v) is 11.7. The van der Waals surface area contributed by atoms with E-state index >= 15 is 0 Å². The van der Waals surface area contributed by atoms with Gasteiger partial charge in [0.25, 0.3) is 5.91 Å². The van der Waals surface area contributed by atoms with Gasteiger partial charge in [-0.15, -0.1) is 0 Å². The van der Waals surface area contributed by atoms with E-state index in [1.807, 2.05) is 32.0 Å². The molecule has 40 heavy (non-hydrogen) atoms. The van der Waals surface area contributed by atoms with E-state index in [0.717, 1.165) is 16.8 Å². The average molecular weight is 559 g/mol. The van der Waals surface area contributed by atoms with Crippen LogP contribution in [0.5, 0.6) is 0 Å². The monoisotopic (exact) mass is 559 g/mol. The van der Waals surface area contributed by atoms with Crippen molar-refractivity contribution in [1.82, 2.24) is 29.5 Å². The van der Waals surface area contributed by atoms with Crippen molar-refractivity contribution in [3.05, 3.63) is 88.5 Å². The summed E-state index contributed by atoms with van der Waals surface area (Å²) in [6.07, 6.45) is -7.46. The predicted octanol–water partition coefficient (Wildman–Crippen LogP) is 6.22. The van der Waals surface area contributed by atoms with Crippen LogP contribution < -0.4 is 5.32 Å². The molecule has 0 fully saturated rings. The summed E-state index contributed by atoms with van der Waals surface area (Å²) >= 11 is 0. The van der Waals surface area contributed by atoms with Crippen molar-refractivity contribution in [1.29, 1.82) is 0 Å². The fourth-order valence-electron chi connectivity index (χ4n) is 4.07. The zero-order chi connectivity index (χ0) is 29.0. The van der Waals surface area contributed by atoms with Gasteiger partial charge in [0.05, 0.1) is 34.1 Å². The van der Waals surface area contributed by atoms with Gasteiger partial charge < -0.3 is 5.32 Å². The summed E-state index contributed by atoms with van der Waals surface area (Å²) < 4.78 is 82.6. The Bertz CT molecular complexity index is 1740. The first-order chi connectivity index (χ1) is 18.7. The van der Waals surface area contributed by atoms with Crippen molar-refractivity contribution in [3.63, 3.8) is 0 Å². The normalized spacial score (nSPS) is 12.2. The number of nitrogens with one attached hydrogen (secondary N) is 1. The van der Waals surface area contributed by atoms with Crippen LogP contribution in [0.2, 0.25) is 0 Å². The molecule has 1 N–H and O–H groups in total. The standard InChI is InChI=1S/C26H19F6N7O/c1-13-4-5-19(6-14(13)2)38-22-20(11-35-38)23(34-12-33-22)39-21(7-15(3)37-39)36-24(40)16-8-17(25(27,28)29)10-18(9-16)26(30,31)32/h4-12H,1-3H3,(H,36,40). The summed E-state index contributed by atoms with van der Waals surface area (Å²) in [4.78, 5) is 21.5. The Labute approximate surface area is 222 Å². The second kappa shape index (κ2) is 9.47. The molecule has 0 aliphatic heterocycles. The summed E-state index contributed by atoms with van der Waals surface area (Å²) in [5.74, 6) is -1.05. The van der Waals surface area contributed by atoms with Crippen molar-refractivity contribution < 1.29 is 31.1 Å². The molecule has 1 amide bonds. The third-order valence-electron chi connectivity index (χ3n) is 6.20. The molecular weight excluding hydrogens is 540 g/mol. The second-order valence-electron chi connectivity index (χ2n) is 9.09. The first-order valence-electron chi connectivity index (χ1n) is 11.7. The van der Waals surface area contributed by atoms with Crippen LogP contribution in [-0.2, 0) is 12.4 Å². The smallest absolute Gasteiger partial charge is 0.306 e. The van der Waals surface area contributed by atoms with Gasteiger partial charge in [0.2, 0.25) is 0 Å². The number of rotatable bonds is 4. The van der Waals surface area contributed by atoms with Gasteiger partial charge in [-0.2, -0.15) is 41.2 Å². The highest BCUT2D eigenvalue weighted by Gasteiger charge is 2.37. The van der Waals surface area contributed by atoms with Crippen LogP contribution in [0.3, 0.4) is 0 Å². The number of hydrogen-bond donors (Lipinski definition) is 1. The van der Waals surface area contributed by atoms with Gasteiger partial charge >= 0.3 is 12.4 Å². The van der Waals surface area contributed by atoms with Gasteiger partial charge in [-0.05, 0) is 62.2 Å². The summed E-state index contributed by atoms with van der Waals surface area (Å²) in [7, 11) is 0. The number of hydrogen-bond acceptors (Lipinski definition) is 5. The summed E-state index contributed by atoms with van der Waals surface area (Å²) in [6.45, 7) is 5.52. The Hall–Kier alpha value is -4.75. The van der Waals surface area contributed by atoms with E-state index in [1.165, 1.54) is 23.3 Å². The topological polar surface area (TPSA) is 90.5 Å². The molecule has 8 nitrogen and oxygen atoms in total. The number of fused-ring (bicyclic) bond motifs is 1. The van der Waals surface area contributed by atoms with E-state index in [9.17, 15) is 31.1 Å². The molecule has 14 heteroatoms. The number of aromatic nitrogens is 6. The number of alkyl halides is 6. The third kappa shape index (κ3) is 4.99. The Balaban J connectivity index is 1.55. The molecule has 0 saturated heterocycles. The van der Waals surface area contributed by atoms with Crippen LogP contribution in [-0.4, -0.2) is 35.4 Å². The van der Waals surface area contributed by atoms with E-state index in [0.29, 0.717) is 28.9 Å². The van der Waals surface area contributed by atoms with Gasteiger partial charge in [-0.25, -0.2) is 14.6 Å². The minimum Gasteiger partial charge on any atom is -0.306 e. The maximum atomic E-state index is 13.3. The predicted molar refractivity (Wildman–Crippen MR) is 132 cm³/mol. The van der Waals surface area contributed by atoms with Crippen LogP contribution in [0.1, 0.15) is 38.3 Å². The first kappa shape index (κ1) is 26.8. The molecule has 3 heterocycles. The molecular formula is C26H19F6N7O. The van der Waals surface area contributed by atoms with Crippen molar-refractivity contribution in [2.24, 2.45) is 0 Å². The third-order valence-corrected chi connectivity index (χ3v) is 6.20. The van der Waals surface area contributed by atoms with E-state index in [1.54, 1.807) is 11.6 Å². The highest BCUT2D eigenvalue weighted by Crippen LogP contribution is 2.36. The second-order valence-corrected chi connectivity index (χ2v) is 9.09. The lowest BCUT2D eigenvalue weighted by Crippen LogP contribution is -2.19. The number of anilines is 1. The molecule has 0 radical (unpaired) electrons. The maximum absolute atomic E-state index is 13.3. The summed E-state index contributed by atoms with van der Waals surface area (Å²) in [6, 6.07) is 7.79. The van der Waals surface area contributed by atoms with Gasteiger partial charge in [-0.3, -0.25) is 4.79 Å². The van der Waals surface area contributed by atoms with E-state index in [-0.39, 0.29) is 17.7 Å². The fourth-order valence-corrected chi connectivity index (χ4v) is 4.07. The number of aryl methyl sites for hydroxylation is 3. The minimum atomic E-state index is -5.10. The number of amides is 1. The molecule has 0 atom stereocenters. The largest absolute Gasteiger partial charge is 0.416 e. The average Bonchev–Trinajstić information content (AvgIpc) is 3.47. The number of carbonyl (C=O) groups excluding carboxylic acids is 1. The minimum absolute atomic E-state index is 0.0348. The van der Waals surface area contributed by atoms with Gasteiger partial charge in [-0.1, -0.05) is 6.07 Å². The van der Waals surface area contributed by atoms with Crippen molar-refractivity contribution in [2.45, 2.75) is 33.1 Å². The van der Waals surface area contributed by atoms with Crippen LogP contribution in [0.4, 0.5) is 32.2 Å². The zero-order valence-corrected chi connectivity index (χ0v) is 21.1. The highest BCUT2D eigenvalue weighted by molar-refractivity contribution is 6.04.